The number of H-pyrrole nitrogens is 1. The van der Waals surface area contributed by atoms with Crippen molar-refractivity contribution >= 4 is 11.7 Å². The van der Waals surface area contributed by atoms with E-state index in [9.17, 15) is 9.18 Å². The van der Waals surface area contributed by atoms with Gasteiger partial charge in [-0.3, -0.25) is 9.89 Å². The Kier molecular flexibility index (Phi) is 4.54. The molecule has 0 unspecified atom stereocenters. The fraction of sp³-hybridized carbons (Fsp3) is 0.300. The summed E-state index contributed by atoms with van der Waals surface area (Å²) in [7, 11) is 3.91. The number of benzene rings is 1. The quantitative estimate of drug-likeness (QED) is 0.756. The lowest BCUT2D eigenvalue weighted by molar-refractivity contribution is 0.0732. The number of hydrogen-bond acceptors (Lipinski definition) is 5. The van der Waals surface area contributed by atoms with Crippen LogP contribution in [0.5, 0.6) is 0 Å². The van der Waals surface area contributed by atoms with E-state index in [1.165, 1.54) is 18.3 Å². The van der Waals surface area contributed by atoms with Crippen LogP contribution < -0.4 is 4.90 Å². The molecular formula is C20H21FN6O. The van der Waals surface area contributed by atoms with Gasteiger partial charge in [0.2, 0.25) is 0 Å². The molecule has 7 nitrogen and oxygen atoms in total. The van der Waals surface area contributed by atoms with Crippen LogP contribution in [-0.2, 0) is 13.0 Å². The Hall–Kier alpha value is -3.29. The van der Waals surface area contributed by atoms with Gasteiger partial charge in [0.25, 0.3) is 5.91 Å². The minimum Gasteiger partial charge on any atom is -0.362 e. The van der Waals surface area contributed by atoms with E-state index in [0.29, 0.717) is 42.2 Å². The predicted molar refractivity (Wildman–Crippen MR) is 104 cm³/mol. The van der Waals surface area contributed by atoms with Crippen LogP contribution in [0.25, 0.3) is 11.3 Å². The number of carbonyl (C=O) groups excluding carboxylic acids is 1. The van der Waals surface area contributed by atoms with E-state index in [4.69, 9.17) is 0 Å². The van der Waals surface area contributed by atoms with Crippen molar-refractivity contribution in [2.24, 2.45) is 0 Å². The van der Waals surface area contributed by atoms with E-state index in [0.717, 1.165) is 17.1 Å². The van der Waals surface area contributed by atoms with Gasteiger partial charge in [-0.05, 0) is 25.5 Å². The van der Waals surface area contributed by atoms with Gasteiger partial charge in [-0.1, -0.05) is 12.1 Å². The number of anilines is 1. The number of carbonyl (C=O) groups is 1. The largest absolute Gasteiger partial charge is 0.362 e. The number of nitrogens with zero attached hydrogens (tertiary/aromatic N) is 5. The first-order valence-electron chi connectivity index (χ1n) is 9.06. The SMILES string of the molecule is Cc1nc2c(c(N(C)C)n1)CCN(C(=O)c1cn[nH]c1-c1cccc(F)c1)C2. The minimum atomic E-state index is -0.360. The maximum absolute atomic E-state index is 13.6. The van der Waals surface area contributed by atoms with E-state index in [1.54, 1.807) is 17.0 Å². The van der Waals surface area contributed by atoms with Crippen LogP contribution in [0, 0.1) is 12.7 Å². The third-order valence-electron chi connectivity index (χ3n) is 4.85. The van der Waals surface area contributed by atoms with Gasteiger partial charge >= 0.3 is 0 Å². The van der Waals surface area contributed by atoms with Gasteiger partial charge in [0.15, 0.2) is 0 Å². The Morgan fingerprint density at radius 2 is 2.11 bits per heavy atom. The Labute approximate surface area is 162 Å². The molecule has 144 valence electrons. The molecule has 0 saturated heterocycles. The fourth-order valence-electron chi connectivity index (χ4n) is 3.56. The summed E-state index contributed by atoms with van der Waals surface area (Å²) in [6.45, 7) is 2.82. The van der Waals surface area contributed by atoms with Crippen molar-refractivity contribution in [1.29, 1.82) is 0 Å². The second-order valence-electron chi connectivity index (χ2n) is 7.06. The Morgan fingerprint density at radius 1 is 1.29 bits per heavy atom. The first-order valence-corrected chi connectivity index (χ1v) is 9.06. The zero-order chi connectivity index (χ0) is 19.8. The zero-order valence-electron chi connectivity index (χ0n) is 16.0. The third-order valence-corrected chi connectivity index (χ3v) is 4.85. The van der Waals surface area contributed by atoms with Gasteiger partial charge in [-0.2, -0.15) is 5.10 Å². The lowest BCUT2D eigenvalue weighted by atomic mass is 10.0. The molecule has 1 amide bonds. The normalized spacial score (nSPS) is 13.4. The molecule has 0 bridgehead atoms. The van der Waals surface area contributed by atoms with E-state index >= 15 is 0 Å². The molecule has 0 radical (unpaired) electrons. The van der Waals surface area contributed by atoms with Crippen LogP contribution in [0.3, 0.4) is 0 Å². The van der Waals surface area contributed by atoms with Crippen LogP contribution in [0.1, 0.15) is 27.4 Å². The number of aromatic nitrogens is 4. The molecule has 1 N–H and O–H groups in total. The van der Waals surface area contributed by atoms with Gasteiger partial charge in [0.05, 0.1) is 29.7 Å². The van der Waals surface area contributed by atoms with Gasteiger partial charge < -0.3 is 9.80 Å². The average Bonchev–Trinajstić information content (AvgIpc) is 3.16. The summed E-state index contributed by atoms with van der Waals surface area (Å²) < 4.78 is 13.6. The van der Waals surface area contributed by atoms with Gasteiger partial charge in [0, 0.05) is 31.8 Å². The molecule has 0 spiro atoms. The van der Waals surface area contributed by atoms with Crippen molar-refractivity contribution in [3.05, 3.63) is 58.9 Å². The second kappa shape index (κ2) is 7.03. The lowest BCUT2D eigenvalue weighted by Crippen LogP contribution is -2.37. The van der Waals surface area contributed by atoms with Crippen molar-refractivity contribution in [1.82, 2.24) is 25.1 Å². The summed E-state index contributed by atoms with van der Waals surface area (Å²) in [5.41, 5.74) is 3.48. The molecule has 1 aromatic carbocycles. The van der Waals surface area contributed by atoms with Crippen LogP contribution in [-0.4, -0.2) is 51.6 Å². The summed E-state index contributed by atoms with van der Waals surface area (Å²) in [6, 6.07) is 6.11. The highest BCUT2D eigenvalue weighted by Gasteiger charge is 2.28. The molecule has 28 heavy (non-hydrogen) atoms. The molecule has 0 fully saturated rings. The van der Waals surface area contributed by atoms with Crippen molar-refractivity contribution in [2.45, 2.75) is 19.9 Å². The van der Waals surface area contributed by atoms with Crippen LogP contribution in [0.15, 0.2) is 30.5 Å². The molecule has 0 saturated carbocycles. The monoisotopic (exact) mass is 380 g/mol. The highest BCUT2D eigenvalue weighted by atomic mass is 19.1. The van der Waals surface area contributed by atoms with E-state index < -0.39 is 0 Å². The number of amides is 1. The maximum Gasteiger partial charge on any atom is 0.258 e. The first kappa shape index (κ1) is 18.1. The van der Waals surface area contributed by atoms with Crippen molar-refractivity contribution in [2.75, 3.05) is 25.5 Å². The number of nitrogens with one attached hydrogen (secondary N) is 1. The Morgan fingerprint density at radius 3 is 2.86 bits per heavy atom. The summed E-state index contributed by atoms with van der Waals surface area (Å²) in [6.07, 6.45) is 2.18. The molecule has 1 aliphatic heterocycles. The van der Waals surface area contributed by atoms with Crippen LogP contribution >= 0.6 is 0 Å². The average molecular weight is 380 g/mol. The molecule has 8 heteroatoms. The summed E-state index contributed by atoms with van der Waals surface area (Å²) in [5.74, 6) is 1.07. The Bertz CT molecular complexity index is 1040. The lowest BCUT2D eigenvalue weighted by Gasteiger charge is -2.30. The van der Waals surface area contributed by atoms with Crippen molar-refractivity contribution in [3.63, 3.8) is 0 Å². The molecule has 3 heterocycles. The molecule has 1 aliphatic rings. The number of fused-ring (bicyclic) bond motifs is 1. The number of halogens is 1. The molecule has 0 aliphatic carbocycles. The van der Waals surface area contributed by atoms with Gasteiger partial charge in [0.1, 0.15) is 17.5 Å². The molecule has 4 rings (SSSR count). The van der Waals surface area contributed by atoms with Crippen LogP contribution in [0.4, 0.5) is 10.2 Å². The number of aryl methyl sites for hydroxylation is 1. The van der Waals surface area contributed by atoms with Crippen LogP contribution in [0.2, 0.25) is 0 Å². The van der Waals surface area contributed by atoms with E-state index in [1.807, 2.05) is 25.9 Å². The Balaban J connectivity index is 1.65. The molecule has 2 aromatic heterocycles. The molecule has 3 aromatic rings. The summed E-state index contributed by atoms with van der Waals surface area (Å²) >= 11 is 0. The van der Waals surface area contributed by atoms with E-state index in [2.05, 4.69) is 20.2 Å². The topological polar surface area (TPSA) is 78.0 Å². The first-order chi connectivity index (χ1) is 13.4. The standard InChI is InChI=1S/C20H21FN6O/c1-12-23-17-11-27(8-7-15(17)19(24-12)26(2)3)20(28)16-10-22-25-18(16)13-5-4-6-14(21)9-13/h4-6,9-10H,7-8,11H2,1-3H3,(H,22,25). The third kappa shape index (κ3) is 3.21. The number of aromatic amines is 1. The molecule has 0 atom stereocenters. The van der Waals surface area contributed by atoms with Gasteiger partial charge in [-0.25, -0.2) is 14.4 Å². The second-order valence-corrected chi connectivity index (χ2v) is 7.06. The summed E-state index contributed by atoms with van der Waals surface area (Å²) in [4.78, 5) is 26.0. The fourth-order valence-corrected chi connectivity index (χ4v) is 3.56. The van der Waals surface area contributed by atoms with E-state index in [-0.39, 0.29) is 11.7 Å². The maximum atomic E-state index is 13.6. The smallest absolute Gasteiger partial charge is 0.258 e. The highest BCUT2D eigenvalue weighted by molar-refractivity contribution is 5.99. The minimum absolute atomic E-state index is 0.152. The zero-order valence-corrected chi connectivity index (χ0v) is 16.0. The number of hydrogen-bond donors (Lipinski definition) is 1. The van der Waals surface area contributed by atoms with Crippen molar-refractivity contribution < 1.29 is 9.18 Å². The summed E-state index contributed by atoms with van der Waals surface area (Å²) in [5, 5.41) is 6.84. The number of rotatable bonds is 3. The molecular weight excluding hydrogens is 359 g/mol. The van der Waals surface area contributed by atoms with Crippen molar-refractivity contribution in [3.8, 4) is 11.3 Å². The highest BCUT2D eigenvalue weighted by Crippen LogP contribution is 2.28. The predicted octanol–water partition coefficient (Wildman–Crippen LogP) is 2.58. The van der Waals surface area contributed by atoms with Gasteiger partial charge in [-0.15, -0.1) is 0 Å².